The van der Waals surface area contributed by atoms with Crippen molar-refractivity contribution >= 4 is 32.5 Å². The molecule has 8 nitrogen and oxygen atoms in total. The number of sulfonamides is 1. The summed E-state index contributed by atoms with van der Waals surface area (Å²) < 4.78 is 42.2. The first-order valence-electron chi connectivity index (χ1n) is 11.5. The summed E-state index contributed by atoms with van der Waals surface area (Å²) in [5.74, 6) is 1.21. The Kier molecular flexibility index (Phi) is 7.18. The molecule has 1 aliphatic heterocycles. The highest BCUT2D eigenvalue weighted by Crippen LogP contribution is 2.40. The molecule has 0 unspecified atom stereocenters. The van der Waals surface area contributed by atoms with Crippen LogP contribution in [0.3, 0.4) is 0 Å². The van der Waals surface area contributed by atoms with Crippen LogP contribution in [0.4, 0.5) is 0 Å². The second-order valence-corrected chi connectivity index (χ2v) is 10.4. The Hall–Kier alpha value is -3.30. The van der Waals surface area contributed by atoms with Gasteiger partial charge in [0.05, 0.1) is 26.2 Å². The molecule has 0 saturated carbocycles. The molecule has 1 saturated heterocycles. The highest BCUT2D eigenvalue weighted by Gasteiger charge is 2.25. The fraction of sp³-hybridized carbons (Fsp3) is 0.346. The number of para-hydroxylation sites is 1. The molecule has 4 rings (SSSR count). The van der Waals surface area contributed by atoms with E-state index in [0.717, 1.165) is 33.4 Å². The number of fused-ring (bicyclic) bond motifs is 1. The first-order valence-corrected chi connectivity index (χ1v) is 13.3. The predicted octanol–water partition coefficient (Wildman–Crippen LogP) is 4.01. The van der Waals surface area contributed by atoms with Gasteiger partial charge in [-0.05, 0) is 31.6 Å². The van der Waals surface area contributed by atoms with Crippen LogP contribution in [0.2, 0.25) is 0 Å². The number of furan rings is 1. The van der Waals surface area contributed by atoms with Crippen LogP contribution in [0.25, 0.3) is 27.7 Å². The molecule has 2 heterocycles. The molecule has 35 heavy (non-hydrogen) atoms. The molecule has 2 aromatic carbocycles. The summed E-state index contributed by atoms with van der Waals surface area (Å²) in [6.07, 6.45) is 4.48. The number of allylic oxidation sites excluding steroid dienone is 1. The summed E-state index contributed by atoms with van der Waals surface area (Å²) in [6, 6.07) is 11.6. The lowest BCUT2D eigenvalue weighted by Crippen LogP contribution is -2.49. The van der Waals surface area contributed by atoms with Crippen LogP contribution < -0.4 is 9.47 Å². The minimum atomic E-state index is -3.25. The van der Waals surface area contributed by atoms with Crippen LogP contribution in [0.1, 0.15) is 19.4 Å². The average Bonchev–Trinajstić information content (AvgIpc) is 3.25. The van der Waals surface area contributed by atoms with E-state index in [-0.39, 0.29) is 5.91 Å². The highest BCUT2D eigenvalue weighted by atomic mass is 32.2. The smallest absolute Gasteiger partial charge is 0.246 e. The van der Waals surface area contributed by atoms with E-state index in [1.54, 1.807) is 24.3 Å². The van der Waals surface area contributed by atoms with Crippen LogP contribution in [0.15, 0.2) is 53.2 Å². The number of benzene rings is 2. The van der Waals surface area contributed by atoms with E-state index < -0.39 is 10.0 Å². The van der Waals surface area contributed by atoms with Crippen molar-refractivity contribution in [2.45, 2.75) is 13.8 Å². The molecule has 0 spiro atoms. The number of amides is 1. The average molecular weight is 499 g/mol. The van der Waals surface area contributed by atoms with Gasteiger partial charge in [-0.25, -0.2) is 8.42 Å². The van der Waals surface area contributed by atoms with Crippen LogP contribution in [0, 0.1) is 0 Å². The lowest BCUT2D eigenvalue weighted by atomic mass is 9.98. The van der Waals surface area contributed by atoms with Crippen LogP contribution in [-0.2, 0) is 14.8 Å². The van der Waals surface area contributed by atoms with Crippen molar-refractivity contribution in [3.8, 4) is 22.6 Å². The monoisotopic (exact) mass is 498 g/mol. The lowest BCUT2D eigenvalue weighted by Gasteiger charge is -2.32. The van der Waals surface area contributed by atoms with Gasteiger partial charge in [0.2, 0.25) is 15.9 Å². The zero-order valence-corrected chi connectivity index (χ0v) is 21.2. The van der Waals surface area contributed by atoms with Crippen LogP contribution >= 0.6 is 0 Å². The maximum absolute atomic E-state index is 13.0. The van der Waals surface area contributed by atoms with Crippen molar-refractivity contribution in [2.75, 3.05) is 46.2 Å². The fourth-order valence-corrected chi connectivity index (χ4v) is 5.13. The third-order valence-corrected chi connectivity index (χ3v) is 7.46. The number of nitrogens with zero attached hydrogens (tertiary/aromatic N) is 2. The maximum atomic E-state index is 13.0. The van der Waals surface area contributed by atoms with Crippen molar-refractivity contribution in [2.24, 2.45) is 0 Å². The van der Waals surface area contributed by atoms with Gasteiger partial charge < -0.3 is 18.8 Å². The molecular weight excluding hydrogens is 468 g/mol. The molecule has 0 radical (unpaired) electrons. The van der Waals surface area contributed by atoms with E-state index in [2.05, 4.69) is 0 Å². The van der Waals surface area contributed by atoms with Gasteiger partial charge in [0.1, 0.15) is 17.1 Å². The van der Waals surface area contributed by atoms with E-state index in [0.29, 0.717) is 44.1 Å². The van der Waals surface area contributed by atoms with Crippen LogP contribution in [0.5, 0.6) is 11.5 Å². The molecule has 1 aliphatic rings. The number of piperazine rings is 1. The Bertz CT molecular complexity index is 1370. The number of carbonyl (C=O) groups excluding carboxylic acids is 1. The van der Waals surface area contributed by atoms with E-state index in [1.165, 1.54) is 10.6 Å². The van der Waals surface area contributed by atoms with Crippen LogP contribution in [-0.4, -0.2) is 69.7 Å². The molecule has 1 fully saturated rings. The van der Waals surface area contributed by atoms with E-state index in [1.807, 2.05) is 50.2 Å². The van der Waals surface area contributed by atoms with Gasteiger partial charge in [-0.2, -0.15) is 4.31 Å². The van der Waals surface area contributed by atoms with Gasteiger partial charge in [-0.1, -0.05) is 18.2 Å². The molecule has 186 valence electrons. The number of rotatable bonds is 7. The molecule has 1 amide bonds. The zero-order chi connectivity index (χ0) is 25.2. The third kappa shape index (κ3) is 5.21. The van der Waals surface area contributed by atoms with Crippen molar-refractivity contribution in [1.29, 1.82) is 0 Å². The standard InChI is InChI=1S/C26H30N2O6S/c1-5-33-24-16-25-21(22(17-34-25)19-8-6-7-9-23(19)32-3)15-20(24)18(2)14-26(29)27-10-12-28(13-11-27)35(4,30)31/h6-9,14-17H,5,10-13H2,1-4H3/b18-14+. The first kappa shape index (κ1) is 24.8. The van der Waals surface area contributed by atoms with Gasteiger partial charge >= 0.3 is 0 Å². The second kappa shape index (κ2) is 10.1. The maximum Gasteiger partial charge on any atom is 0.246 e. The minimum Gasteiger partial charge on any atom is -0.496 e. The normalized spacial score (nSPS) is 15.4. The molecule has 0 aliphatic carbocycles. The first-order chi connectivity index (χ1) is 16.7. The fourth-order valence-electron chi connectivity index (χ4n) is 4.31. The molecule has 9 heteroatoms. The molecule has 0 N–H and O–H groups in total. The summed E-state index contributed by atoms with van der Waals surface area (Å²) in [6.45, 7) is 5.54. The Morgan fingerprint density at radius 3 is 2.46 bits per heavy atom. The summed E-state index contributed by atoms with van der Waals surface area (Å²) in [4.78, 5) is 14.7. The highest BCUT2D eigenvalue weighted by molar-refractivity contribution is 7.88. The van der Waals surface area contributed by atoms with E-state index in [4.69, 9.17) is 13.9 Å². The van der Waals surface area contributed by atoms with Gasteiger partial charge in [0.15, 0.2) is 0 Å². The summed E-state index contributed by atoms with van der Waals surface area (Å²) in [7, 11) is -1.62. The SMILES string of the molecule is CCOc1cc2occ(-c3ccccc3OC)c2cc1/C(C)=C/C(=O)N1CCN(S(C)(=O)=O)CC1. The number of hydrogen-bond acceptors (Lipinski definition) is 6. The summed E-state index contributed by atoms with van der Waals surface area (Å²) >= 11 is 0. The van der Waals surface area contributed by atoms with E-state index in [9.17, 15) is 13.2 Å². The number of methoxy groups -OCH3 is 1. The summed E-state index contributed by atoms with van der Waals surface area (Å²) in [5.41, 5.74) is 4.01. The molecule has 0 bridgehead atoms. The Labute approximate surface area is 205 Å². The van der Waals surface area contributed by atoms with Crippen molar-refractivity contribution in [3.63, 3.8) is 0 Å². The Morgan fingerprint density at radius 2 is 1.80 bits per heavy atom. The zero-order valence-electron chi connectivity index (χ0n) is 20.4. The van der Waals surface area contributed by atoms with Gasteiger partial charge in [-0.15, -0.1) is 0 Å². The van der Waals surface area contributed by atoms with Gasteiger partial charge in [0.25, 0.3) is 0 Å². The second-order valence-electron chi connectivity index (χ2n) is 8.44. The Balaban J connectivity index is 1.68. The number of ether oxygens (including phenoxy) is 2. The summed E-state index contributed by atoms with van der Waals surface area (Å²) in [5, 5.41) is 0.884. The number of hydrogen-bond donors (Lipinski definition) is 0. The minimum absolute atomic E-state index is 0.157. The Morgan fingerprint density at radius 1 is 1.09 bits per heavy atom. The largest absolute Gasteiger partial charge is 0.496 e. The van der Waals surface area contributed by atoms with E-state index >= 15 is 0 Å². The van der Waals surface area contributed by atoms with Crippen molar-refractivity contribution < 1.29 is 27.1 Å². The lowest BCUT2D eigenvalue weighted by molar-refractivity contribution is -0.127. The quantitative estimate of drug-likeness (QED) is 0.457. The van der Waals surface area contributed by atoms with Gasteiger partial charge in [-0.3, -0.25) is 4.79 Å². The van der Waals surface area contributed by atoms with Crippen molar-refractivity contribution in [3.05, 3.63) is 54.3 Å². The number of carbonyl (C=O) groups is 1. The molecular formula is C26H30N2O6S. The molecule has 0 atom stereocenters. The topological polar surface area (TPSA) is 89.3 Å². The van der Waals surface area contributed by atoms with Crippen molar-refractivity contribution in [1.82, 2.24) is 9.21 Å². The predicted molar refractivity (Wildman–Crippen MR) is 136 cm³/mol. The third-order valence-electron chi connectivity index (χ3n) is 6.16. The molecule has 3 aromatic rings. The molecule has 1 aromatic heterocycles. The van der Waals surface area contributed by atoms with Gasteiger partial charge in [0, 0.05) is 60.4 Å².